The number of carbonyl (C=O) groups excluding carboxylic acids is 2. The van der Waals surface area contributed by atoms with E-state index < -0.39 is 23.1 Å². The van der Waals surface area contributed by atoms with Crippen molar-refractivity contribution in [2.24, 2.45) is 14.1 Å². The van der Waals surface area contributed by atoms with Crippen molar-refractivity contribution in [3.63, 3.8) is 0 Å². The molecule has 2 amide bonds. The van der Waals surface area contributed by atoms with Gasteiger partial charge in [0.2, 0.25) is 5.91 Å². The predicted octanol–water partition coefficient (Wildman–Crippen LogP) is 0.688. The molecular formula is C20H23N5O4. The van der Waals surface area contributed by atoms with Crippen molar-refractivity contribution in [2.45, 2.75) is 32.7 Å². The lowest BCUT2D eigenvalue weighted by molar-refractivity contribution is -0.120. The highest BCUT2D eigenvalue weighted by atomic mass is 16.2. The molecule has 0 saturated carbocycles. The molecule has 3 aromatic rings. The van der Waals surface area contributed by atoms with Crippen LogP contribution in [0.25, 0.3) is 11.2 Å². The van der Waals surface area contributed by atoms with E-state index in [2.05, 4.69) is 31.1 Å². The molecule has 1 N–H and O–H groups in total. The number of aryl methyl sites for hydroxylation is 1. The first-order chi connectivity index (χ1) is 13.5. The Kier molecular flexibility index (Phi) is 5.00. The molecule has 9 heteroatoms. The number of fused-ring (bicyclic) bond motifs is 1. The summed E-state index contributed by atoms with van der Waals surface area (Å²) in [4.78, 5) is 53.2. The molecule has 0 aliphatic heterocycles. The van der Waals surface area contributed by atoms with Crippen molar-refractivity contribution < 1.29 is 9.59 Å². The van der Waals surface area contributed by atoms with Crippen LogP contribution in [0.2, 0.25) is 0 Å². The quantitative estimate of drug-likeness (QED) is 0.700. The van der Waals surface area contributed by atoms with Crippen LogP contribution >= 0.6 is 0 Å². The molecule has 0 bridgehead atoms. The van der Waals surface area contributed by atoms with Crippen LogP contribution < -0.4 is 16.6 Å². The number of carbonyl (C=O) groups is 2. The predicted molar refractivity (Wildman–Crippen MR) is 108 cm³/mol. The maximum absolute atomic E-state index is 12.4. The zero-order valence-corrected chi connectivity index (χ0v) is 17.0. The number of amides is 2. The van der Waals surface area contributed by atoms with Crippen LogP contribution in [0.3, 0.4) is 0 Å². The second-order valence-electron chi connectivity index (χ2n) is 7.96. The SMILES string of the molecule is Cn1c(=O)c2c(ncn2CC(=O)NC(=O)c2ccc(C(C)(C)C)cc2)n(C)c1=O. The first-order valence-corrected chi connectivity index (χ1v) is 9.06. The minimum absolute atomic E-state index is 0.0421. The molecular weight excluding hydrogens is 374 g/mol. The normalized spacial score (nSPS) is 11.6. The van der Waals surface area contributed by atoms with E-state index in [4.69, 9.17) is 0 Å². The first kappa shape index (κ1) is 20.2. The first-order valence-electron chi connectivity index (χ1n) is 9.06. The van der Waals surface area contributed by atoms with Gasteiger partial charge in [-0.25, -0.2) is 9.78 Å². The Hall–Kier alpha value is -3.49. The number of benzene rings is 1. The number of aromatic nitrogens is 4. The highest BCUT2D eigenvalue weighted by Gasteiger charge is 2.18. The Balaban J connectivity index is 1.80. The Labute approximate surface area is 166 Å². The lowest BCUT2D eigenvalue weighted by atomic mass is 9.87. The Morgan fingerprint density at radius 3 is 2.24 bits per heavy atom. The van der Waals surface area contributed by atoms with Gasteiger partial charge >= 0.3 is 5.69 Å². The third-order valence-electron chi connectivity index (χ3n) is 4.80. The second-order valence-corrected chi connectivity index (χ2v) is 7.96. The summed E-state index contributed by atoms with van der Waals surface area (Å²) in [7, 11) is 2.85. The highest BCUT2D eigenvalue weighted by molar-refractivity contribution is 6.04. The number of nitrogens with one attached hydrogen (secondary N) is 1. The van der Waals surface area contributed by atoms with Crippen molar-refractivity contribution in [1.82, 2.24) is 24.0 Å². The number of imide groups is 1. The van der Waals surface area contributed by atoms with Gasteiger partial charge in [0.05, 0.1) is 6.33 Å². The largest absolute Gasteiger partial charge is 0.332 e. The molecule has 1 aromatic carbocycles. The van der Waals surface area contributed by atoms with Gasteiger partial charge in [-0.1, -0.05) is 32.9 Å². The Morgan fingerprint density at radius 2 is 1.66 bits per heavy atom. The van der Waals surface area contributed by atoms with Gasteiger partial charge in [0.25, 0.3) is 11.5 Å². The third-order valence-corrected chi connectivity index (χ3v) is 4.80. The number of rotatable bonds is 3. The van der Waals surface area contributed by atoms with E-state index >= 15 is 0 Å². The van der Waals surface area contributed by atoms with Gasteiger partial charge in [-0.05, 0) is 23.1 Å². The van der Waals surface area contributed by atoms with Crippen molar-refractivity contribution in [1.29, 1.82) is 0 Å². The Bertz CT molecular complexity index is 1220. The monoisotopic (exact) mass is 397 g/mol. The molecule has 29 heavy (non-hydrogen) atoms. The van der Waals surface area contributed by atoms with Gasteiger partial charge in [0.1, 0.15) is 6.54 Å². The van der Waals surface area contributed by atoms with Crippen LogP contribution in [0.5, 0.6) is 0 Å². The molecule has 0 aliphatic rings. The van der Waals surface area contributed by atoms with E-state index in [1.165, 1.54) is 29.6 Å². The summed E-state index contributed by atoms with van der Waals surface area (Å²) in [6, 6.07) is 7.04. The number of imidazole rings is 1. The van der Waals surface area contributed by atoms with Gasteiger partial charge in [-0.3, -0.25) is 28.8 Å². The molecule has 2 heterocycles. The topological polar surface area (TPSA) is 108 Å². The highest BCUT2D eigenvalue weighted by Crippen LogP contribution is 2.22. The summed E-state index contributed by atoms with van der Waals surface area (Å²) in [5, 5.41) is 2.31. The summed E-state index contributed by atoms with van der Waals surface area (Å²) in [5.41, 5.74) is 0.622. The summed E-state index contributed by atoms with van der Waals surface area (Å²) in [6.45, 7) is 5.93. The number of hydrogen-bond acceptors (Lipinski definition) is 5. The average Bonchev–Trinajstić information content (AvgIpc) is 3.07. The van der Waals surface area contributed by atoms with Gasteiger partial charge < -0.3 is 4.57 Å². The van der Waals surface area contributed by atoms with Gasteiger partial charge in [0.15, 0.2) is 11.2 Å². The molecule has 0 radical (unpaired) electrons. The smallest absolute Gasteiger partial charge is 0.315 e. The molecule has 0 unspecified atom stereocenters. The van der Waals surface area contributed by atoms with Crippen LogP contribution in [-0.2, 0) is 30.8 Å². The van der Waals surface area contributed by atoms with E-state index in [-0.39, 0.29) is 23.1 Å². The molecule has 0 aliphatic carbocycles. The van der Waals surface area contributed by atoms with E-state index in [1.807, 2.05) is 12.1 Å². The molecule has 0 atom stereocenters. The zero-order valence-electron chi connectivity index (χ0n) is 17.0. The van der Waals surface area contributed by atoms with Gasteiger partial charge in [0, 0.05) is 19.7 Å². The van der Waals surface area contributed by atoms with Crippen molar-refractivity contribution in [3.8, 4) is 0 Å². The number of nitrogens with zero attached hydrogens (tertiary/aromatic N) is 4. The fourth-order valence-corrected chi connectivity index (χ4v) is 3.03. The van der Waals surface area contributed by atoms with Crippen molar-refractivity contribution >= 4 is 23.0 Å². The van der Waals surface area contributed by atoms with E-state index in [0.29, 0.717) is 5.56 Å². The minimum Gasteiger partial charge on any atom is -0.315 e. The summed E-state index contributed by atoms with van der Waals surface area (Å²) < 4.78 is 3.50. The van der Waals surface area contributed by atoms with Crippen LogP contribution in [0.4, 0.5) is 0 Å². The van der Waals surface area contributed by atoms with E-state index in [9.17, 15) is 19.2 Å². The fraction of sp³-hybridized carbons (Fsp3) is 0.350. The van der Waals surface area contributed by atoms with E-state index in [0.717, 1.165) is 10.1 Å². The van der Waals surface area contributed by atoms with Crippen LogP contribution in [0.15, 0.2) is 40.2 Å². The standard InChI is InChI=1S/C20H23N5O4/c1-20(2,3)13-8-6-12(7-9-13)17(27)22-14(26)10-25-11-21-16-15(25)18(28)24(5)19(29)23(16)4/h6-9,11H,10H2,1-5H3,(H,22,26,27). The Morgan fingerprint density at radius 1 is 1.03 bits per heavy atom. The lowest BCUT2D eigenvalue weighted by Crippen LogP contribution is -2.38. The summed E-state index contributed by atoms with van der Waals surface area (Å²) >= 11 is 0. The summed E-state index contributed by atoms with van der Waals surface area (Å²) in [5.74, 6) is -1.12. The summed E-state index contributed by atoms with van der Waals surface area (Å²) in [6.07, 6.45) is 1.30. The fourth-order valence-electron chi connectivity index (χ4n) is 3.03. The second kappa shape index (κ2) is 7.16. The maximum Gasteiger partial charge on any atom is 0.332 e. The molecule has 9 nitrogen and oxygen atoms in total. The van der Waals surface area contributed by atoms with Crippen LogP contribution in [0, 0.1) is 0 Å². The minimum atomic E-state index is -0.592. The lowest BCUT2D eigenvalue weighted by Gasteiger charge is -2.19. The zero-order chi connectivity index (χ0) is 21.5. The van der Waals surface area contributed by atoms with Crippen LogP contribution in [-0.4, -0.2) is 30.5 Å². The molecule has 152 valence electrons. The van der Waals surface area contributed by atoms with Crippen LogP contribution in [0.1, 0.15) is 36.7 Å². The van der Waals surface area contributed by atoms with Crippen molar-refractivity contribution in [2.75, 3.05) is 0 Å². The molecule has 0 saturated heterocycles. The average molecular weight is 397 g/mol. The maximum atomic E-state index is 12.4. The van der Waals surface area contributed by atoms with Crippen molar-refractivity contribution in [3.05, 3.63) is 62.6 Å². The third kappa shape index (κ3) is 3.75. The molecule has 3 rings (SSSR count). The number of hydrogen-bond donors (Lipinski definition) is 1. The van der Waals surface area contributed by atoms with Gasteiger partial charge in [-0.2, -0.15) is 0 Å². The molecule has 2 aromatic heterocycles. The van der Waals surface area contributed by atoms with E-state index in [1.54, 1.807) is 12.1 Å². The molecule has 0 spiro atoms. The molecule has 0 fully saturated rings. The van der Waals surface area contributed by atoms with Gasteiger partial charge in [-0.15, -0.1) is 0 Å².